The molecule has 98 valence electrons. The highest BCUT2D eigenvalue weighted by Gasteiger charge is 2.31. The average molecular weight is 242 g/mol. The number of ether oxygens (including phenoxy) is 3. The van der Waals surface area contributed by atoms with E-state index in [0.717, 1.165) is 6.61 Å². The molecule has 4 nitrogen and oxygen atoms in total. The topological polar surface area (TPSA) is 44.8 Å². The van der Waals surface area contributed by atoms with Gasteiger partial charge in [0.1, 0.15) is 0 Å². The zero-order chi connectivity index (χ0) is 12.7. The lowest BCUT2D eigenvalue weighted by molar-refractivity contribution is -0.177. The van der Waals surface area contributed by atoms with Gasteiger partial charge >= 0.3 is 5.97 Å². The predicted octanol–water partition coefficient (Wildman–Crippen LogP) is 2.29. The van der Waals surface area contributed by atoms with E-state index in [2.05, 4.69) is 13.5 Å². The van der Waals surface area contributed by atoms with Crippen LogP contribution in [0, 0.1) is 5.92 Å². The molecule has 17 heavy (non-hydrogen) atoms. The molecule has 2 unspecified atom stereocenters. The molecule has 4 heteroatoms. The molecule has 0 aliphatic carbocycles. The van der Waals surface area contributed by atoms with Gasteiger partial charge in [-0.05, 0) is 13.3 Å². The molecule has 1 heterocycles. The van der Waals surface area contributed by atoms with Gasteiger partial charge in [0.2, 0.25) is 0 Å². The molecule has 1 aliphatic heterocycles. The summed E-state index contributed by atoms with van der Waals surface area (Å²) < 4.78 is 15.5. The van der Waals surface area contributed by atoms with Crippen molar-refractivity contribution < 1.29 is 19.0 Å². The molecule has 2 atom stereocenters. The molecular weight excluding hydrogens is 220 g/mol. The van der Waals surface area contributed by atoms with Crippen LogP contribution in [0.3, 0.4) is 0 Å². The lowest BCUT2D eigenvalue weighted by Crippen LogP contribution is -2.43. The summed E-state index contributed by atoms with van der Waals surface area (Å²) in [5, 5.41) is 0. The van der Waals surface area contributed by atoms with E-state index < -0.39 is 5.97 Å². The van der Waals surface area contributed by atoms with E-state index in [1.54, 1.807) is 6.92 Å². The zero-order valence-electron chi connectivity index (χ0n) is 10.7. The van der Waals surface area contributed by atoms with Gasteiger partial charge in [-0.2, -0.15) is 0 Å². The van der Waals surface area contributed by atoms with Crippen molar-refractivity contribution in [3.05, 3.63) is 12.2 Å². The van der Waals surface area contributed by atoms with Crippen LogP contribution in [-0.4, -0.2) is 32.1 Å². The molecular formula is C13H22O4. The first-order chi connectivity index (χ1) is 8.15. The maximum Gasteiger partial charge on any atom is 0.335 e. The highest BCUT2D eigenvalue weighted by atomic mass is 16.7. The van der Waals surface area contributed by atoms with Gasteiger partial charge in [0.05, 0.1) is 19.3 Å². The zero-order valence-corrected chi connectivity index (χ0v) is 10.7. The van der Waals surface area contributed by atoms with Gasteiger partial charge in [0, 0.05) is 11.5 Å². The fraction of sp³-hybridized carbons (Fsp3) is 0.769. The minimum atomic E-state index is -0.415. The number of hydrogen-bond acceptors (Lipinski definition) is 4. The lowest BCUT2D eigenvalue weighted by atomic mass is 9.93. The third-order valence-corrected chi connectivity index (χ3v) is 2.88. The van der Waals surface area contributed by atoms with E-state index in [-0.39, 0.29) is 12.9 Å². The molecule has 0 saturated carbocycles. The van der Waals surface area contributed by atoms with Gasteiger partial charge in [-0.15, -0.1) is 0 Å². The minimum absolute atomic E-state index is 0.0218. The van der Waals surface area contributed by atoms with E-state index in [1.165, 1.54) is 19.3 Å². The van der Waals surface area contributed by atoms with Crippen molar-refractivity contribution in [3.63, 3.8) is 0 Å². The minimum Gasteiger partial charge on any atom is -0.435 e. The van der Waals surface area contributed by atoms with Gasteiger partial charge in [-0.1, -0.05) is 26.3 Å². The first-order valence-electron chi connectivity index (χ1n) is 6.17. The predicted molar refractivity (Wildman–Crippen MR) is 64.5 cm³/mol. The number of unbranched alkanes of at least 4 members (excludes halogenated alkanes) is 1. The van der Waals surface area contributed by atoms with E-state index in [4.69, 9.17) is 14.2 Å². The Balaban J connectivity index is 2.03. The Bertz CT molecular complexity index is 262. The maximum atomic E-state index is 11.0. The van der Waals surface area contributed by atoms with Crippen LogP contribution >= 0.6 is 0 Å². The molecule has 0 aromatic rings. The smallest absolute Gasteiger partial charge is 0.335 e. The number of rotatable bonds is 8. The molecule has 0 radical (unpaired) electrons. The van der Waals surface area contributed by atoms with Crippen LogP contribution in [0.1, 0.15) is 33.1 Å². The van der Waals surface area contributed by atoms with Crippen molar-refractivity contribution in [2.24, 2.45) is 5.92 Å². The van der Waals surface area contributed by atoms with Crippen LogP contribution < -0.4 is 0 Å². The average Bonchev–Trinajstić information content (AvgIpc) is 2.27. The van der Waals surface area contributed by atoms with Crippen molar-refractivity contribution in [1.82, 2.24) is 0 Å². The number of carbonyl (C=O) groups excluding carboxylic acids is 1. The van der Waals surface area contributed by atoms with E-state index >= 15 is 0 Å². The van der Waals surface area contributed by atoms with Crippen molar-refractivity contribution in [2.45, 2.75) is 39.2 Å². The Labute approximate surface area is 103 Å². The van der Waals surface area contributed by atoms with Crippen molar-refractivity contribution in [3.8, 4) is 0 Å². The Hall–Kier alpha value is -0.870. The molecule has 0 amide bonds. The van der Waals surface area contributed by atoms with Crippen LogP contribution in [0.2, 0.25) is 0 Å². The molecule has 1 rings (SSSR count). The number of esters is 1. The van der Waals surface area contributed by atoms with E-state index in [1.807, 2.05) is 0 Å². The third kappa shape index (κ3) is 4.88. The molecule has 1 fully saturated rings. The molecule has 1 saturated heterocycles. The molecule has 0 aromatic carbocycles. The summed E-state index contributed by atoms with van der Waals surface area (Å²) in [5.41, 5.74) is 0.384. The van der Waals surface area contributed by atoms with Gasteiger partial charge in [-0.25, -0.2) is 4.79 Å². The highest BCUT2D eigenvalue weighted by Crippen LogP contribution is 2.25. The second-order valence-electron chi connectivity index (χ2n) is 4.47. The Morgan fingerprint density at radius 2 is 2.29 bits per heavy atom. The Kier molecular flexibility index (Phi) is 6.22. The molecule has 0 N–H and O–H groups in total. The van der Waals surface area contributed by atoms with E-state index in [9.17, 15) is 4.79 Å². The fourth-order valence-corrected chi connectivity index (χ4v) is 1.67. The van der Waals surface area contributed by atoms with Gasteiger partial charge in [0.25, 0.3) is 0 Å². The molecule has 0 aromatic heterocycles. The standard InChI is InChI=1S/C13H22O4/c1-4-5-6-11-7-16-12(11)8-15-9-17-13(14)10(2)3/h11-12H,2,4-9H2,1,3H3. The summed E-state index contributed by atoms with van der Waals surface area (Å²) in [6.07, 6.45) is 3.80. The van der Waals surface area contributed by atoms with Crippen molar-refractivity contribution in [1.29, 1.82) is 0 Å². The summed E-state index contributed by atoms with van der Waals surface area (Å²) >= 11 is 0. The van der Waals surface area contributed by atoms with Crippen LogP contribution in [0.15, 0.2) is 12.2 Å². The van der Waals surface area contributed by atoms with Gasteiger partial charge < -0.3 is 14.2 Å². The van der Waals surface area contributed by atoms with Crippen LogP contribution in [0.25, 0.3) is 0 Å². The summed E-state index contributed by atoms with van der Waals surface area (Å²) in [4.78, 5) is 11.0. The van der Waals surface area contributed by atoms with Crippen LogP contribution in [0.4, 0.5) is 0 Å². The number of hydrogen-bond donors (Lipinski definition) is 0. The molecule has 0 bridgehead atoms. The Morgan fingerprint density at radius 3 is 2.82 bits per heavy atom. The van der Waals surface area contributed by atoms with Crippen LogP contribution in [0.5, 0.6) is 0 Å². The normalized spacial score (nSPS) is 22.9. The molecule has 0 spiro atoms. The largest absolute Gasteiger partial charge is 0.435 e. The second-order valence-corrected chi connectivity index (χ2v) is 4.47. The summed E-state index contributed by atoms with van der Waals surface area (Å²) in [6.45, 7) is 8.59. The molecule has 1 aliphatic rings. The SMILES string of the molecule is C=C(C)C(=O)OCOCC1OCC1CCCC. The van der Waals surface area contributed by atoms with Gasteiger partial charge in [0.15, 0.2) is 6.79 Å². The number of carbonyl (C=O) groups is 1. The Morgan fingerprint density at radius 1 is 1.53 bits per heavy atom. The van der Waals surface area contributed by atoms with E-state index in [0.29, 0.717) is 18.1 Å². The first-order valence-corrected chi connectivity index (χ1v) is 6.17. The highest BCUT2D eigenvalue weighted by molar-refractivity contribution is 5.86. The summed E-state index contributed by atoms with van der Waals surface area (Å²) in [5.74, 6) is 0.189. The summed E-state index contributed by atoms with van der Waals surface area (Å²) in [6, 6.07) is 0. The van der Waals surface area contributed by atoms with Gasteiger partial charge in [-0.3, -0.25) is 0 Å². The van der Waals surface area contributed by atoms with Crippen LogP contribution in [-0.2, 0) is 19.0 Å². The summed E-state index contributed by atoms with van der Waals surface area (Å²) in [7, 11) is 0. The van der Waals surface area contributed by atoms with Crippen molar-refractivity contribution in [2.75, 3.05) is 20.0 Å². The first kappa shape index (κ1) is 14.2. The monoisotopic (exact) mass is 242 g/mol. The quantitative estimate of drug-likeness (QED) is 0.283. The second kappa shape index (κ2) is 7.45. The maximum absolute atomic E-state index is 11.0. The van der Waals surface area contributed by atoms with Crippen molar-refractivity contribution >= 4 is 5.97 Å². The third-order valence-electron chi connectivity index (χ3n) is 2.88. The fourth-order valence-electron chi connectivity index (χ4n) is 1.67. The lowest BCUT2D eigenvalue weighted by Gasteiger charge is -2.36.